The third-order valence-electron chi connectivity index (χ3n) is 2.32. The zero-order valence-corrected chi connectivity index (χ0v) is 9.91. The van der Waals surface area contributed by atoms with Gasteiger partial charge in [0.15, 0.2) is 0 Å². The van der Waals surface area contributed by atoms with Gasteiger partial charge in [0.2, 0.25) is 0 Å². The van der Waals surface area contributed by atoms with Crippen LogP contribution in [0.4, 0.5) is 5.69 Å². The maximum Gasteiger partial charge on any atom is 0.337 e. The molecule has 2 heterocycles. The SMILES string of the molecule is O=C(O)c1ccncc1NCCc1cccs1. The molecule has 88 valence electrons. The van der Waals surface area contributed by atoms with Gasteiger partial charge in [0.1, 0.15) is 0 Å². The van der Waals surface area contributed by atoms with Crippen molar-refractivity contribution in [2.75, 3.05) is 11.9 Å². The fourth-order valence-corrected chi connectivity index (χ4v) is 2.21. The standard InChI is InChI=1S/C12H12N2O2S/c15-12(16)10-4-5-13-8-11(10)14-6-3-9-2-1-7-17-9/h1-2,4-5,7-8,14H,3,6H2,(H,15,16). The number of hydrogen-bond acceptors (Lipinski definition) is 4. The number of nitrogens with zero attached hydrogens (tertiary/aromatic N) is 1. The summed E-state index contributed by atoms with van der Waals surface area (Å²) in [6, 6.07) is 5.57. The third kappa shape index (κ3) is 3.04. The first-order valence-electron chi connectivity index (χ1n) is 5.21. The monoisotopic (exact) mass is 248 g/mol. The van der Waals surface area contributed by atoms with Gasteiger partial charge in [-0.05, 0) is 23.9 Å². The lowest BCUT2D eigenvalue weighted by molar-refractivity contribution is 0.0698. The van der Waals surface area contributed by atoms with Crippen LogP contribution in [-0.2, 0) is 6.42 Å². The molecule has 0 aliphatic rings. The molecule has 2 N–H and O–H groups in total. The summed E-state index contributed by atoms with van der Waals surface area (Å²) in [5.74, 6) is -0.939. The molecular weight excluding hydrogens is 236 g/mol. The van der Waals surface area contributed by atoms with Crippen LogP contribution in [0.15, 0.2) is 36.0 Å². The van der Waals surface area contributed by atoms with Gasteiger partial charge >= 0.3 is 5.97 Å². The van der Waals surface area contributed by atoms with Crippen molar-refractivity contribution in [1.29, 1.82) is 0 Å². The van der Waals surface area contributed by atoms with E-state index < -0.39 is 5.97 Å². The van der Waals surface area contributed by atoms with Crippen molar-refractivity contribution in [2.24, 2.45) is 0 Å². The van der Waals surface area contributed by atoms with Crippen molar-refractivity contribution in [2.45, 2.75) is 6.42 Å². The van der Waals surface area contributed by atoms with E-state index in [1.54, 1.807) is 11.3 Å². The Morgan fingerprint density at radius 2 is 2.35 bits per heavy atom. The molecule has 0 atom stereocenters. The number of thiophene rings is 1. The van der Waals surface area contributed by atoms with Gasteiger partial charge < -0.3 is 10.4 Å². The molecule has 17 heavy (non-hydrogen) atoms. The fourth-order valence-electron chi connectivity index (χ4n) is 1.50. The molecule has 0 aliphatic carbocycles. The summed E-state index contributed by atoms with van der Waals surface area (Å²) in [5.41, 5.74) is 0.822. The van der Waals surface area contributed by atoms with Crippen molar-refractivity contribution < 1.29 is 9.90 Å². The largest absolute Gasteiger partial charge is 0.478 e. The predicted molar refractivity (Wildman–Crippen MR) is 67.7 cm³/mol. The molecule has 2 aromatic rings. The topological polar surface area (TPSA) is 62.2 Å². The van der Waals surface area contributed by atoms with Crippen LogP contribution in [0, 0.1) is 0 Å². The number of rotatable bonds is 5. The molecule has 0 saturated carbocycles. The molecular formula is C12H12N2O2S. The van der Waals surface area contributed by atoms with Gasteiger partial charge in [-0.25, -0.2) is 4.79 Å². The highest BCUT2D eigenvalue weighted by atomic mass is 32.1. The molecule has 0 fully saturated rings. The zero-order chi connectivity index (χ0) is 12.1. The number of aromatic carboxylic acids is 1. The summed E-state index contributed by atoms with van der Waals surface area (Å²) in [4.78, 5) is 16.1. The van der Waals surface area contributed by atoms with E-state index in [2.05, 4.69) is 16.4 Å². The summed E-state index contributed by atoms with van der Waals surface area (Å²) >= 11 is 1.70. The Labute approximate surface area is 103 Å². The predicted octanol–water partition coefficient (Wildman–Crippen LogP) is 2.50. The minimum atomic E-state index is -0.939. The van der Waals surface area contributed by atoms with Crippen LogP contribution in [0.25, 0.3) is 0 Å². The Morgan fingerprint density at radius 1 is 1.47 bits per heavy atom. The van der Waals surface area contributed by atoms with E-state index in [1.165, 1.54) is 23.3 Å². The van der Waals surface area contributed by atoms with Crippen LogP contribution in [0.1, 0.15) is 15.2 Å². The van der Waals surface area contributed by atoms with Crippen molar-refractivity contribution in [3.05, 3.63) is 46.4 Å². The molecule has 5 heteroatoms. The molecule has 4 nitrogen and oxygen atoms in total. The number of carboxylic acids is 1. The van der Waals surface area contributed by atoms with Crippen LogP contribution in [0.5, 0.6) is 0 Å². The van der Waals surface area contributed by atoms with Gasteiger partial charge in [-0.15, -0.1) is 11.3 Å². The minimum absolute atomic E-state index is 0.256. The number of hydrogen-bond donors (Lipinski definition) is 2. The first kappa shape index (κ1) is 11.6. The van der Waals surface area contributed by atoms with Gasteiger partial charge in [0, 0.05) is 17.6 Å². The van der Waals surface area contributed by atoms with Crippen molar-refractivity contribution in [3.8, 4) is 0 Å². The summed E-state index contributed by atoms with van der Waals surface area (Å²) in [5, 5.41) is 14.1. The molecule has 0 bridgehead atoms. The highest BCUT2D eigenvalue weighted by Gasteiger charge is 2.08. The number of aromatic nitrogens is 1. The van der Waals surface area contributed by atoms with Crippen LogP contribution >= 0.6 is 11.3 Å². The Kier molecular flexibility index (Phi) is 3.72. The van der Waals surface area contributed by atoms with E-state index in [9.17, 15) is 4.79 Å². The summed E-state index contributed by atoms with van der Waals surface area (Å²) in [6.07, 6.45) is 3.90. The average Bonchev–Trinajstić information content (AvgIpc) is 2.82. The van der Waals surface area contributed by atoms with Crippen molar-refractivity contribution >= 4 is 23.0 Å². The number of nitrogens with one attached hydrogen (secondary N) is 1. The number of carbonyl (C=O) groups is 1. The highest BCUT2D eigenvalue weighted by Crippen LogP contribution is 2.14. The molecule has 2 rings (SSSR count). The second kappa shape index (κ2) is 5.45. The van der Waals surface area contributed by atoms with Gasteiger partial charge in [0.05, 0.1) is 17.4 Å². The second-order valence-corrected chi connectivity index (χ2v) is 4.51. The number of anilines is 1. The lowest BCUT2D eigenvalue weighted by atomic mass is 10.2. The number of pyridine rings is 1. The lowest BCUT2D eigenvalue weighted by Gasteiger charge is -2.07. The first-order chi connectivity index (χ1) is 8.27. The Hall–Kier alpha value is -1.88. The quantitative estimate of drug-likeness (QED) is 0.853. The maximum absolute atomic E-state index is 10.9. The third-order valence-corrected chi connectivity index (χ3v) is 3.25. The van der Waals surface area contributed by atoms with Crippen LogP contribution in [-0.4, -0.2) is 22.6 Å². The summed E-state index contributed by atoms with van der Waals surface area (Å²) in [7, 11) is 0. The molecule has 0 aromatic carbocycles. The van der Waals surface area contributed by atoms with Gasteiger partial charge in [-0.2, -0.15) is 0 Å². The van der Waals surface area contributed by atoms with Gasteiger partial charge in [0.25, 0.3) is 0 Å². The molecule has 0 unspecified atom stereocenters. The Balaban J connectivity index is 1.97. The Morgan fingerprint density at radius 3 is 3.06 bits per heavy atom. The van der Waals surface area contributed by atoms with E-state index in [-0.39, 0.29) is 5.56 Å². The van der Waals surface area contributed by atoms with E-state index in [1.807, 2.05) is 11.4 Å². The zero-order valence-electron chi connectivity index (χ0n) is 9.09. The average molecular weight is 248 g/mol. The van der Waals surface area contributed by atoms with Crippen LogP contribution < -0.4 is 5.32 Å². The minimum Gasteiger partial charge on any atom is -0.478 e. The lowest BCUT2D eigenvalue weighted by Crippen LogP contribution is -2.09. The molecule has 0 aliphatic heterocycles. The second-order valence-electron chi connectivity index (χ2n) is 3.48. The Bertz CT molecular complexity index is 497. The highest BCUT2D eigenvalue weighted by molar-refractivity contribution is 7.09. The smallest absolute Gasteiger partial charge is 0.337 e. The van der Waals surface area contributed by atoms with Crippen molar-refractivity contribution in [3.63, 3.8) is 0 Å². The molecule has 0 amide bonds. The van der Waals surface area contributed by atoms with E-state index in [0.717, 1.165) is 6.42 Å². The van der Waals surface area contributed by atoms with E-state index in [0.29, 0.717) is 12.2 Å². The molecule has 2 aromatic heterocycles. The first-order valence-corrected chi connectivity index (χ1v) is 6.09. The van der Waals surface area contributed by atoms with Crippen molar-refractivity contribution in [1.82, 2.24) is 4.98 Å². The summed E-state index contributed by atoms with van der Waals surface area (Å²) in [6.45, 7) is 0.701. The van der Waals surface area contributed by atoms with Crippen LogP contribution in [0.2, 0.25) is 0 Å². The number of carboxylic acid groups (broad SMARTS) is 1. The maximum atomic E-state index is 10.9. The molecule has 0 spiro atoms. The normalized spacial score (nSPS) is 10.1. The fraction of sp³-hybridized carbons (Fsp3) is 0.167. The summed E-state index contributed by atoms with van der Waals surface area (Å²) < 4.78 is 0. The van der Waals surface area contributed by atoms with Gasteiger partial charge in [-0.3, -0.25) is 4.98 Å². The molecule has 0 saturated heterocycles. The van der Waals surface area contributed by atoms with Crippen LogP contribution in [0.3, 0.4) is 0 Å². The van der Waals surface area contributed by atoms with E-state index >= 15 is 0 Å². The molecule has 0 radical (unpaired) electrons. The van der Waals surface area contributed by atoms with E-state index in [4.69, 9.17) is 5.11 Å². The van der Waals surface area contributed by atoms with Gasteiger partial charge in [-0.1, -0.05) is 6.07 Å².